The second-order valence-corrected chi connectivity index (χ2v) is 5.26. The van der Waals surface area contributed by atoms with Gasteiger partial charge in [0.2, 0.25) is 5.88 Å². The second-order valence-electron chi connectivity index (χ2n) is 4.40. The van der Waals surface area contributed by atoms with E-state index in [1.807, 2.05) is 0 Å². The van der Waals surface area contributed by atoms with Crippen LogP contribution in [-0.2, 0) is 7.05 Å². The molecule has 0 aliphatic carbocycles. The van der Waals surface area contributed by atoms with E-state index in [1.54, 1.807) is 31.2 Å². The standard InChI is InChI=1S/C12H11BrN6O2/c1-6(10-17-5-19(2)18-10)21-12-8-9(7(13)3-14-12)15-4-16-11(8)20/h3-6H,1-2H3,(H,15,16,20). The molecule has 0 saturated carbocycles. The Hall–Kier alpha value is -2.29. The minimum atomic E-state index is -0.442. The lowest BCUT2D eigenvalue weighted by Crippen LogP contribution is -2.13. The number of nitrogens with zero attached hydrogens (tertiary/aromatic N) is 5. The van der Waals surface area contributed by atoms with E-state index in [-0.39, 0.29) is 16.8 Å². The summed E-state index contributed by atoms with van der Waals surface area (Å²) in [6, 6.07) is 0. The van der Waals surface area contributed by atoms with E-state index in [9.17, 15) is 4.79 Å². The van der Waals surface area contributed by atoms with Gasteiger partial charge in [0.05, 0.1) is 16.3 Å². The number of rotatable bonds is 3. The molecule has 3 heterocycles. The molecule has 1 N–H and O–H groups in total. The number of aromatic amines is 1. The fraction of sp³-hybridized carbons (Fsp3) is 0.250. The molecule has 1 atom stereocenters. The molecule has 0 fully saturated rings. The molecular weight excluding hydrogens is 340 g/mol. The Balaban J connectivity index is 2.05. The smallest absolute Gasteiger partial charge is 0.264 e. The predicted molar refractivity (Wildman–Crippen MR) is 77.9 cm³/mol. The summed E-state index contributed by atoms with van der Waals surface area (Å²) in [6.45, 7) is 1.79. The van der Waals surface area contributed by atoms with E-state index < -0.39 is 6.10 Å². The van der Waals surface area contributed by atoms with Crippen molar-refractivity contribution in [2.45, 2.75) is 13.0 Å². The van der Waals surface area contributed by atoms with Crippen molar-refractivity contribution in [3.63, 3.8) is 0 Å². The molecule has 9 heteroatoms. The first-order chi connectivity index (χ1) is 10.1. The molecule has 8 nitrogen and oxygen atoms in total. The zero-order chi connectivity index (χ0) is 15.0. The van der Waals surface area contributed by atoms with E-state index in [0.29, 0.717) is 15.8 Å². The SMILES string of the molecule is CC(Oc1ncc(Br)c2nc[nH]c(=O)c12)c1ncn(C)n1. The minimum Gasteiger partial charge on any atom is -0.466 e. The van der Waals surface area contributed by atoms with Crippen molar-refractivity contribution in [2.75, 3.05) is 0 Å². The number of halogens is 1. The maximum Gasteiger partial charge on any atom is 0.264 e. The van der Waals surface area contributed by atoms with Gasteiger partial charge in [-0.1, -0.05) is 0 Å². The Kier molecular flexibility index (Phi) is 3.42. The van der Waals surface area contributed by atoms with E-state index >= 15 is 0 Å². The maximum atomic E-state index is 12.0. The molecule has 0 aliphatic heterocycles. The largest absolute Gasteiger partial charge is 0.466 e. The highest BCUT2D eigenvalue weighted by atomic mass is 79.9. The van der Waals surface area contributed by atoms with Crippen molar-refractivity contribution in [1.29, 1.82) is 0 Å². The molecule has 0 bridgehead atoms. The molecule has 1 unspecified atom stereocenters. The van der Waals surface area contributed by atoms with Gasteiger partial charge in [0.25, 0.3) is 5.56 Å². The average molecular weight is 351 g/mol. The fourth-order valence-corrected chi connectivity index (χ4v) is 2.27. The summed E-state index contributed by atoms with van der Waals surface area (Å²) in [5.74, 6) is 0.707. The van der Waals surface area contributed by atoms with Gasteiger partial charge in [-0.3, -0.25) is 9.48 Å². The summed E-state index contributed by atoms with van der Waals surface area (Å²) in [5, 5.41) is 4.46. The summed E-state index contributed by atoms with van der Waals surface area (Å²) in [5.41, 5.74) is 0.176. The molecule has 108 valence electrons. The fourth-order valence-electron chi connectivity index (χ4n) is 1.87. The first-order valence-corrected chi connectivity index (χ1v) is 6.89. The molecule has 0 spiro atoms. The molecule has 21 heavy (non-hydrogen) atoms. The maximum absolute atomic E-state index is 12.0. The van der Waals surface area contributed by atoms with Gasteiger partial charge in [-0.15, -0.1) is 0 Å². The van der Waals surface area contributed by atoms with E-state index in [2.05, 4.69) is 41.0 Å². The molecule has 0 aliphatic rings. The van der Waals surface area contributed by atoms with Crippen LogP contribution in [0.15, 0.2) is 28.1 Å². The molecular formula is C12H11BrN6O2. The van der Waals surface area contributed by atoms with Gasteiger partial charge in [0.1, 0.15) is 11.7 Å². The number of nitrogens with one attached hydrogen (secondary N) is 1. The van der Waals surface area contributed by atoms with Crippen LogP contribution in [0.3, 0.4) is 0 Å². The zero-order valence-corrected chi connectivity index (χ0v) is 12.8. The highest BCUT2D eigenvalue weighted by Crippen LogP contribution is 2.27. The van der Waals surface area contributed by atoms with Crippen molar-refractivity contribution in [2.24, 2.45) is 7.05 Å². The van der Waals surface area contributed by atoms with Crippen molar-refractivity contribution < 1.29 is 4.74 Å². The second kappa shape index (κ2) is 5.24. The Labute approximate surface area is 127 Å². The number of H-pyrrole nitrogens is 1. The Morgan fingerprint density at radius 3 is 2.90 bits per heavy atom. The van der Waals surface area contributed by atoms with Gasteiger partial charge in [0, 0.05) is 13.2 Å². The molecule has 3 aromatic rings. The Morgan fingerprint density at radius 2 is 2.19 bits per heavy atom. The minimum absolute atomic E-state index is 0.197. The number of ether oxygens (including phenoxy) is 1. The molecule has 0 saturated heterocycles. The Bertz CT molecular complexity index is 858. The van der Waals surface area contributed by atoms with E-state index in [0.717, 1.165) is 0 Å². The third-order valence-corrected chi connectivity index (χ3v) is 3.44. The van der Waals surface area contributed by atoms with Crippen LogP contribution in [0.2, 0.25) is 0 Å². The quantitative estimate of drug-likeness (QED) is 0.765. The zero-order valence-electron chi connectivity index (χ0n) is 11.2. The lowest BCUT2D eigenvalue weighted by Gasteiger charge is -2.12. The Morgan fingerprint density at radius 1 is 1.38 bits per heavy atom. The number of aryl methyl sites for hydroxylation is 1. The summed E-state index contributed by atoms with van der Waals surface area (Å²) in [4.78, 5) is 26.9. The third kappa shape index (κ3) is 2.51. The van der Waals surface area contributed by atoms with Gasteiger partial charge >= 0.3 is 0 Å². The predicted octanol–water partition coefficient (Wildman–Crippen LogP) is 1.35. The van der Waals surface area contributed by atoms with Crippen molar-refractivity contribution >= 4 is 26.8 Å². The number of aromatic nitrogens is 6. The molecule has 0 amide bonds. The number of hydrogen-bond donors (Lipinski definition) is 1. The average Bonchev–Trinajstić information content (AvgIpc) is 2.89. The van der Waals surface area contributed by atoms with Crippen LogP contribution in [0, 0.1) is 0 Å². The van der Waals surface area contributed by atoms with Gasteiger partial charge < -0.3 is 9.72 Å². The van der Waals surface area contributed by atoms with Crippen LogP contribution in [0.4, 0.5) is 0 Å². The number of fused-ring (bicyclic) bond motifs is 1. The van der Waals surface area contributed by atoms with Crippen molar-refractivity contribution in [1.82, 2.24) is 29.7 Å². The normalized spacial score (nSPS) is 12.5. The van der Waals surface area contributed by atoms with Gasteiger partial charge in [-0.05, 0) is 22.9 Å². The van der Waals surface area contributed by atoms with Crippen molar-refractivity contribution in [3.05, 3.63) is 39.5 Å². The first kappa shape index (κ1) is 13.7. The molecule has 3 aromatic heterocycles. The van der Waals surface area contributed by atoms with Crippen LogP contribution < -0.4 is 10.3 Å². The molecule has 0 aromatic carbocycles. The summed E-state index contributed by atoms with van der Waals surface area (Å²) >= 11 is 3.32. The third-order valence-electron chi connectivity index (χ3n) is 2.86. The highest BCUT2D eigenvalue weighted by molar-refractivity contribution is 9.10. The molecule has 3 rings (SSSR count). The van der Waals surface area contributed by atoms with Crippen molar-refractivity contribution in [3.8, 4) is 5.88 Å². The topological polar surface area (TPSA) is 98.6 Å². The number of hydrogen-bond acceptors (Lipinski definition) is 6. The van der Waals surface area contributed by atoms with Crippen LogP contribution in [0.5, 0.6) is 5.88 Å². The van der Waals surface area contributed by atoms with Gasteiger partial charge in [-0.2, -0.15) is 5.10 Å². The lowest BCUT2D eigenvalue weighted by atomic mass is 10.3. The van der Waals surface area contributed by atoms with Gasteiger partial charge in [0.15, 0.2) is 11.9 Å². The summed E-state index contributed by atoms with van der Waals surface area (Å²) in [6.07, 6.45) is 4.02. The summed E-state index contributed by atoms with van der Waals surface area (Å²) < 4.78 is 7.94. The monoisotopic (exact) mass is 350 g/mol. The van der Waals surface area contributed by atoms with Crippen LogP contribution in [0.25, 0.3) is 10.9 Å². The van der Waals surface area contributed by atoms with Crippen LogP contribution in [-0.4, -0.2) is 29.7 Å². The summed E-state index contributed by atoms with van der Waals surface area (Å²) in [7, 11) is 1.77. The highest BCUT2D eigenvalue weighted by Gasteiger charge is 2.17. The van der Waals surface area contributed by atoms with E-state index in [4.69, 9.17) is 4.74 Å². The number of pyridine rings is 1. The van der Waals surface area contributed by atoms with Gasteiger partial charge in [-0.25, -0.2) is 15.0 Å². The lowest BCUT2D eigenvalue weighted by molar-refractivity contribution is 0.210. The van der Waals surface area contributed by atoms with Crippen LogP contribution >= 0.6 is 15.9 Å². The van der Waals surface area contributed by atoms with E-state index in [1.165, 1.54) is 6.33 Å². The molecule has 0 radical (unpaired) electrons. The van der Waals surface area contributed by atoms with Crippen LogP contribution in [0.1, 0.15) is 18.9 Å². The first-order valence-electron chi connectivity index (χ1n) is 6.10.